The van der Waals surface area contributed by atoms with Crippen molar-refractivity contribution in [2.75, 3.05) is 5.32 Å². The second-order valence-corrected chi connectivity index (χ2v) is 7.26. The lowest BCUT2D eigenvalue weighted by Crippen LogP contribution is -2.36. The average molecular weight is 343 g/mol. The van der Waals surface area contributed by atoms with Crippen LogP contribution in [-0.2, 0) is 22.4 Å². The first kappa shape index (κ1) is 16.6. The van der Waals surface area contributed by atoms with E-state index in [1.165, 1.54) is 17.7 Å². The summed E-state index contributed by atoms with van der Waals surface area (Å²) in [7, 11) is 0. The van der Waals surface area contributed by atoms with Gasteiger partial charge in [-0.2, -0.15) is 0 Å². The number of thiazole rings is 1. The molecule has 0 aliphatic heterocycles. The molecule has 2 amide bonds. The minimum atomic E-state index is -0.660. The van der Waals surface area contributed by atoms with Crippen LogP contribution in [0.4, 0.5) is 5.69 Å². The van der Waals surface area contributed by atoms with Gasteiger partial charge < -0.3 is 10.6 Å². The Labute approximate surface area is 145 Å². The second-order valence-electron chi connectivity index (χ2n) is 6.14. The zero-order valence-corrected chi connectivity index (χ0v) is 14.7. The van der Waals surface area contributed by atoms with E-state index < -0.39 is 11.8 Å². The number of aryl methyl sites for hydroxylation is 3. The van der Waals surface area contributed by atoms with Crippen molar-refractivity contribution in [1.29, 1.82) is 0 Å². The van der Waals surface area contributed by atoms with E-state index in [2.05, 4.69) is 15.6 Å². The molecule has 24 heavy (non-hydrogen) atoms. The first-order chi connectivity index (χ1) is 11.5. The number of nitrogens with one attached hydrogen (secondary N) is 2. The summed E-state index contributed by atoms with van der Waals surface area (Å²) < 4.78 is 0. The Bertz CT molecular complexity index is 729. The number of aromatic nitrogens is 1. The molecule has 0 saturated heterocycles. The molecule has 0 saturated carbocycles. The highest BCUT2D eigenvalue weighted by Gasteiger charge is 2.22. The SMILES string of the molecule is Cc1ccc(NC(=O)C(=O)NC(C)c2nc3c(s2)CCCC3)cc1. The van der Waals surface area contributed by atoms with E-state index in [4.69, 9.17) is 0 Å². The van der Waals surface area contributed by atoms with Crippen LogP contribution in [-0.4, -0.2) is 16.8 Å². The van der Waals surface area contributed by atoms with Gasteiger partial charge in [0.05, 0.1) is 11.7 Å². The van der Waals surface area contributed by atoms with Gasteiger partial charge >= 0.3 is 11.8 Å². The van der Waals surface area contributed by atoms with Crippen LogP contribution in [0.5, 0.6) is 0 Å². The van der Waals surface area contributed by atoms with E-state index in [9.17, 15) is 9.59 Å². The fourth-order valence-corrected chi connectivity index (χ4v) is 3.86. The molecule has 1 aromatic heterocycles. The minimum Gasteiger partial charge on any atom is -0.339 e. The lowest BCUT2D eigenvalue weighted by molar-refractivity contribution is -0.136. The van der Waals surface area contributed by atoms with E-state index >= 15 is 0 Å². The topological polar surface area (TPSA) is 71.1 Å². The molecule has 126 valence electrons. The predicted molar refractivity (Wildman–Crippen MR) is 95.1 cm³/mol. The van der Waals surface area contributed by atoms with Crippen LogP contribution in [0.15, 0.2) is 24.3 Å². The summed E-state index contributed by atoms with van der Waals surface area (Å²) in [4.78, 5) is 30.1. The number of carbonyl (C=O) groups excluding carboxylic acids is 2. The molecule has 6 heteroatoms. The molecule has 2 aromatic rings. The van der Waals surface area contributed by atoms with Crippen molar-refractivity contribution in [3.63, 3.8) is 0 Å². The molecule has 1 aliphatic rings. The predicted octanol–water partition coefficient (Wildman–Crippen LogP) is 3.15. The van der Waals surface area contributed by atoms with Crippen molar-refractivity contribution >= 4 is 28.8 Å². The molecule has 0 spiro atoms. The third-order valence-corrected chi connectivity index (χ3v) is 5.44. The molecule has 5 nitrogen and oxygen atoms in total. The molecule has 1 aromatic carbocycles. The number of fused-ring (bicyclic) bond motifs is 1. The van der Waals surface area contributed by atoms with E-state index in [0.717, 1.165) is 29.1 Å². The number of hydrogen-bond donors (Lipinski definition) is 2. The molecule has 0 bridgehead atoms. The Morgan fingerprint density at radius 2 is 1.83 bits per heavy atom. The van der Waals surface area contributed by atoms with Crippen molar-refractivity contribution in [1.82, 2.24) is 10.3 Å². The van der Waals surface area contributed by atoms with Gasteiger partial charge in [0, 0.05) is 10.6 Å². The highest BCUT2D eigenvalue weighted by atomic mass is 32.1. The monoisotopic (exact) mass is 343 g/mol. The fourth-order valence-electron chi connectivity index (χ4n) is 2.71. The maximum atomic E-state index is 12.1. The Morgan fingerprint density at radius 3 is 2.54 bits per heavy atom. The highest BCUT2D eigenvalue weighted by molar-refractivity contribution is 7.11. The van der Waals surface area contributed by atoms with Crippen LogP contribution in [0.2, 0.25) is 0 Å². The Morgan fingerprint density at radius 1 is 1.12 bits per heavy atom. The van der Waals surface area contributed by atoms with E-state index in [0.29, 0.717) is 5.69 Å². The summed E-state index contributed by atoms with van der Waals surface area (Å²) in [5.41, 5.74) is 2.86. The van der Waals surface area contributed by atoms with Crippen LogP contribution in [0.1, 0.15) is 46.9 Å². The Balaban J connectivity index is 1.60. The zero-order valence-electron chi connectivity index (χ0n) is 13.9. The average Bonchev–Trinajstić information content (AvgIpc) is 3.01. The van der Waals surface area contributed by atoms with Gasteiger partial charge in [-0.15, -0.1) is 11.3 Å². The number of carbonyl (C=O) groups is 2. The number of nitrogens with zero attached hydrogens (tertiary/aromatic N) is 1. The minimum absolute atomic E-state index is 0.267. The van der Waals surface area contributed by atoms with Gasteiger partial charge in [-0.1, -0.05) is 17.7 Å². The van der Waals surface area contributed by atoms with Gasteiger partial charge in [0.2, 0.25) is 0 Å². The summed E-state index contributed by atoms with van der Waals surface area (Å²) in [5, 5.41) is 6.21. The van der Waals surface area contributed by atoms with Crippen molar-refractivity contribution in [3.8, 4) is 0 Å². The van der Waals surface area contributed by atoms with Crippen molar-refractivity contribution in [3.05, 3.63) is 45.4 Å². The lowest BCUT2D eigenvalue weighted by atomic mass is 10.0. The molecular formula is C18H21N3O2S. The highest BCUT2D eigenvalue weighted by Crippen LogP contribution is 2.29. The van der Waals surface area contributed by atoms with Gasteiger partial charge in [0.15, 0.2) is 0 Å². The number of rotatable bonds is 3. The number of amides is 2. The molecule has 2 N–H and O–H groups in total. The summed E-state index contributed by atoms with van der Waals surface area (Å²) in [6.07, 6.45) is 4.46. The lowest BCUT2D eigenvalue weighted by Gasteiger charge is -2.11. The first-order valence-corrected chi connectivity index (χ1v) is 9.01. The molecule has 0 fully saturated rings. The Hall–Kier alpha value is -2.21. The number of hydrogen-bond acceptors (Lipinski definition) is 4. The standard InChI is InChI=1S/C18H21N3O2S/c1-11-7-9-13(10-8-11)20-17(23)16(22)19-12(2)18-21-14-5-3-4-6-15(14)24-18/h7-10,12H,3-6H2,1-2H3,(H,19,22)(H,20,23). The van der Waals surface area contributed by atoms with Gasteiger partial charge in [-0.3, -0.25) is 9.59 Å². The van der Waals surface area contributed by atoms with E-state index in [-0.39, 0.29) is 6.04 Å². The van der Waals surface area contributed by atoms with E-state index in [1.54, 1.807) is 23.5 Å². The smallest absolute Gasteiger partial charge is 0.313 e. The molecular weight excluding hydrogens is 322 g/mol. The first-order valence-electron chi connectivity index (χ1n) is 8.20. The van der Waals surface area contributed by atoms with Gasteiger partial charge in [-0.05, 0) is 51.7 Å². The molecule has 1 unspecified atom stereocenters. The molecule has 1 heterocycles. The summed E-state index contributed by atoms with van der Waals surface area (Å²) in [6.45, 7) is 3.83. The van der Waals surface area contributed by atoms with Crippen LogP contribution in [0.3, 0.4) is 0 Å². The van der Waals surface area contributed by atoms with Crippen LogP contribution in [0, 0.1) is 6.92 Å². The normalized spacial score (nSPS) is 14.6. The molecule has 1 atom stereocenters. The largest absolute Gasteiger partial charge is 0.339 e. The third kappa shape index (κ3) is 3.82. The third-order valence-electron chi connectivity index (χ3n) is 4.10. The Kier molecular flexibility index (Phi) is 4.94. The van der Waals surface area contributed by atoms with Crippen LogP contribution >= 0.6 is 11.3 Å². The molecule has 1 aliphatic carbocycles. The van der Waals surface area contributed by atoms with Crippen LogP contribution in [0.25, 0.3) is 0 Å². The fraction of sp³-hybridized carbons (Fsp3) is 0.389. The van der Waals surface area contributed by atoms with Crippen molar-refractivity contribution in [2.45, 2.75) is 45.6 Å². The summed E-state index contributed by atoms with van der Waals surface area (Å²) >= 11 is 1.65. The number of benzene rings is 1. The second kappa shape index (κ2) is 7.13. The van der Waals surface area contributed by atoms with Gasteiger partial charge in [0.25, 0.3) is 0 Å². The maximum absolute atomic E-state index is 12.1. The van der Waals surface area contributed by atoms with Crippen molar-refractivity contribution in [2.24, 2.45) is 0 Å². The molecule has 3 rings (SSSR count). The van der Waals surface area contributed by atoms with Crippen molar-refractivity contribution < 1.29 is 9.59 Å². The van der Waals surface area contributed by atoms with Crippen LogP contribution < -0.4 is 10.6 Å². The quantitative estimate of drug-likeness (QED) is 0.841. The summed E-state index contributed by atoms with van der Waals surface area (Å²) in [6, 6.07) is 7.06. The number of anilines is 1. The van der Waals surface area contributed by atoms with Gasteiger partial charge in [-0.25, -0.2) is 4.98 Å². The van der Waals surface area contributed by atoms with Gasteiger partial charge in [0.1, 0.15) is 5.01 Å². The van der Waals surface area contributed by atoms with E-state index in [1.807, 2.05) is 26.0 Å². The zero-order chi connectivity index (χ0) is 17.1. The summed E-state index contributed by atoms with van der Waals surface area (Å²) in [5.74, 6) is -1.30. The maximum Gasteiger partial charge on any atom is 0.313 e. The molecule has 0 radical (unpaired) electrons.